The topological polar surface area (TPSA) is 47.4 Å². The van der Waals surface area contributed by atoms with Crippen molar-refractivity contribution in [3.05, 3.63) is 22.6 Å². The second kappa shape index (κ2) is 5.02. The third kappa shape index (κ3) is 2.48. The molecule has 1 aromatic rings. The van der Waals surface area contributed by atoms with E-state index in [9.17, 15) is 4.79 Å². The van der Waals surface area contributed by atoms with Crippen molar-refractivity contribution >= 4 is 5.69 Å². The molecule has 1 saturated heterocycles. The highest BCUT2D eigenvalue weighted by Crippen LogP contribution is 2.18. The summed E-state index contributed by atoms with van der Waals surface area (Å²) in [5, 5.41) is 4.04. The third-order valence-electron chi connectivity index (χ3n) is 2.94. The van der Waals surface area contributed by atoms with Crippen molar-refractivity contribution < 1.29 is 4.74 Å². The van der Waals surface area contributed by atoms with Crippen LogP contribution in [0.4, 0.5) is 5.69 Å². The molecule has 0 radical (unpaired) electrons. The van der Waals surface area contributed by atoms with Gasteiger partial charge in [0.25, 0.3) is 5.56 Å². The van der Waals surface area contributed by atoms with Crippen molar-refractivity contribution in [3.8, 4) is 12.3 Å². The minimum atomic E-state index is -0.165. The molecule has 1 unspecified atom stereocenters. The number of rotatable bonds is 3. The zero-order valence-electron chi connectivity index (χ0n) is 9.80. The van der Waals surface area contributed by atoms with E-state index >= 15 is 0 Å². The van der Waals surface area contributed by atoms with Gasteiger partial charge in [0.1, 0.15) is 6.54 Å². The predicted molar refractivity (Wildman–Crippen MR) is 65.0 cm³/mol. The molecule has 0 aliphatic carbocycles. The molecular formula is C12H15N3O2. The lowest BCUT2D eigenvalue weighted by atomic mass is 10.3. The van der Waals surface area contributed by atoms with E-state index in [1.165, 1.54) is 4.68 Å². The van der Waals surface area contributed by atoms with E-state index in [1.54, 1.807) is 19.4 Å². The third-order valence-corrected chi connectivity index (χ3v) is 2.94. The van der Waals surface area contributed by atoms with Crippen LogP contribution >= 0.6 is 0 Å². The number of terminal acetylenes is 1. The lowest BCUT2D eigenvalue weighted by molar-refractivity contribution is 0.121. The zero-order valence-corrected chi connectivity index (χ0v) is 9.80. The van der Waals surface area contributed by atoms with Crippen molar-refractivity contribution in [1.29, 1.82) is 0 Å². The Labute approximate surface area is 100.0 Å². The van der Waals surface area contributed by atoms with Gasteiger partial charge in [-0.15, -0.1) is 6.42 Å². The Morgan fingerprint density at radius 3 is 3.12 bits per heavy atom. The van der Waals surface area contributed by atoms with Gasteiger partial charge in [0.15, 0.2) is 0 Å². The Bertz CT molecular complexity index is 489. The first-order valence-electron chi connectivity index (χ1n) is 5.53. The molecule has 2 rings (SSSR count). The number of hydrogen-bond acceptors (Lipinski definition) is 4. The molecule has 0 bridgehead atoms. The normalized spacial score (nSPS) is 19.3. The number of methoxy groups -OCH3 is 1. The average molecular weight is 233 g/mol. The van der Waals surface area contributed by atoms with Crippen LogP contribution in [0.3, 0.4) is 0 Å². The van der Waals surface area contributed by atoms with Crippen molar-refractivity contribution in [3.63, 3.8) is 0 Å². The Morgan fingerprint density at radius 1 is 1.71 bits per heavy atom. The molecule has 0 aromatic carbocycles. The largest absolute Gasteiger partial charge is 0.380 e. The van der Waals surface area contributed by atoms with E-state index in [-0.39, 0.29) is 18.2 Å². The standard InChI is InChI=1S/C12H15N3O2/c1-3-5-15-12(16)7-10(8-13-15)14-6-4-11(9-14)17-2/h1,7-8,11H,4-6,9H2,2H3. The Morgan fingerprint density at radius 2 is 2.53 bits per heavy atom. The van der Waals surface area contributed by atoms with Crippen molar-refractivity contribution in [1.82, 2.24) is 9.78 Å². The molecule has 0 spiro atoms. The molecule has 5 nitrogen and oxygen atoms in total. The van der Waals surface area contributed by atoms with Crippen molar-refractivity contribution in [2.24, 2.45) is 0 Å². The molecule has 2 heterocycles. The lowest BCUT2D eigenvalue weighted by Crippen LogP contribution is -2.27. The minimum Gasteiger partial charge on any atom is -0.380 e. The van der Waals surface area contributed by atoms with E-state index in [0.29, 0.717) is 0 Å². The van der Waals surface area contributed by atoms with E-state index in [2.05, 4.69) is 15.9 Å². The first-order chi connectivity index (χ1) is 8.24. The number of anilines is 1. The maximum Gasteiger partial charge on any atom is 0.269 e. The summed E-state index contributed by atoms with van der Waals surface area (Å²) in [4.78, 5) is 13.8. The molecule has 0 amide bonds. The highest BCUT2D eigenvalue weighted by atomic mass is 16.5. The van der Waals surface area contributed by atoms with Crippen LogP contribution in [0.25, 0.3) is 0 Å². The van der Waals surface area contributed by atoms with Crippen LogP contribution in [0.2, 0.25) is 0 Å². The molecule has 1 aliphatic rings. The van der Waals surface area contributed by atoms with E-state index in [4.69, 9.17) is 11.2 Å². The number of nitrogens with zero attached hydrogens (tertiary/aromatic N) is 3. The molecule has 0 N–H and O–H groups in total. The van der Waals surface area contributed by atoms with Crippen LogP contribution < -0.4 is 10.5 Å². The number of hydrogen-bond donors (Lipinski definition) is 0. The zero-order chi connectivity index (χ0) is 12.3. The van der Waals surface area contributed by atoms with Crippen LogP contribution in [0, 0.1) is 12.3 Å². The van der Waals surface area contributed by atoms with Gasteiger partial charge in [-0.05, 0) is 6.42 Å². The van der Waals surface area contributed by atoms with Gasteiger partial charge in [0.05, 0.1) is 18.0 Å². The second-order valence-electron chi connectivity index (χ2n) is 4.01. The fraction of sp³-hybridized carbons (Fsp3) is 0.500. The first-order valence-corrected chi connectivity index (χ1v) is 5.53. The molecule has 90 valence electrons. The summed E-state index contributed by atoms with van der Waals surface area (Å²) in [5.41, 5.74) is 0.670. The summed E-state index contributed by atoms with van der Waals surface area (Å²) in [6, 6.07) is 1.57. The van der Waals surface area contributed by atoms with Crippen LogP contribution in [-0.4, -0.2) is 36.1 Å². The Balaban J connectivity index is 2.16. The first kappa shape index (κ1) is 11.7. The summed E-state index contributed by atoms with van der Waals surface area (Å²) in [6.45, 7) is 1.90. The Kier molecular flexibility index (Phi) is 3.45. The van der Waals surface area contributed by atoms with Gasteiger partial charge in [0.2, 0.25) is 0 Å². The highest BCUT2D eigenvalue weighted by molar-refractivity contribution is 5.44. The van der Waals surface area contributed by atoms with E-state index in [1.807, 2.05) is 0 Å². The molecule has 5 heteroatoms. The van der Waals surface area contributed by atoms with Gasteiger partial charge >= 0.3 is 0 Å². The molecule has 1 atom stereocenters. The molecule has 0 saturated carbocycles. The number of ether oxygens (including phenoxy) is 1. The monoisotopic (exact) mass is 233 g/mol. The van der Waals surface area contributed by atoms with Gasteiger partial charge in [-0.25, -0.2) is 4.68 Å². The molecule has 1 fully saturated rings. The summed E-state index contributed by atoms with van der Waals surface area (Å²) in [5.74, 6) is 2.40. The molecular weight excluding hydrogens is 218 g/mol. The minimum absolute atomic E-state index is 0.165. The van der Waals surface area contributed by atoms with Crippen LogP contribution in [0.1, 0.15) is 6.42 Å². The van der Waals surface area contributed by atoms with Gasteiger partial charge in [-0.2, -0.15) is 5.10 Å². The summed E-state index contributed by atoms with van der Waals surface area (Å²) >= 11 is 0. The van der Waals surface area contributed by atoms with E-state index < -0.39 is 0 Å². The smallest absolute Gasteiger partial charge is 0.269 e. The maximum atomic E-state index is 11.7. The van der Waals surface area contributed by atoms with Crippen LogP contribution in [-0.2, 0) is 11.3 Å². The van der Waals surface area contributed by atoms with Gasteiger partial charge in [-0.1, -0.05) is 5.92 Å². The number of aromatic nitrogens is 2. The fourth-order valence-corrected chi connectivity index (χ4v) is 1.96. The molecule has 17 heavy (non-hydrogen) atoms. The van der Waals surface area contributed by atoms with Crippen molar-refractivity contribution in [2.45, 2.75) is 19.1 Å². The van der Waals surface area contributed by atoms with Gasteiger partial charge in [0, 0.05) is 26.3 Å². The summed E-state index contributed by atoms with van der Waals surface area (Å²) in [6.07, 6.45) is 8.04. The second-order valence-corrected chi connectivity index (χ2v) is 4.01. The fourth-order valence-electron chi connectivity index (χ4n) is 1.96. The molecule has 1 aromatic heterocycles. The Hall–Kier alpha value is -1.80. The maximum absolute atomic E-state index is 11.7. The average Bonchev–Trinajstić information content (AvgIpc) is 2.80. The summed E-state index contributed by atoms with van der Waals surface area (Å²) in [7, 11) is 1.71. The lowest BCUT2D eigenvalue weighted by Gasteiger charge is -2.17. The van der Waals surface area contributed by atoms with Crippen LogP contribution in [0.15, 0.2) is 17.1 Å². The molecule has 1 aliphatic heterocycles. The van der Waals surface area contributed by atoms with Gasteiger partial charge < -0.3 is 9.64 Å². The SMILES string of the molecule is C#CCn1ncc(N2CCC(OC)C2)cc1=O. The van der Waals surface area contributed by atoms with E-state index in [0.717, 1.165) is 25.2 Å². The van der Waals surface area contributed by atoms with Crippen LogP contribution in [0.5, 0.6) is 0 Å². The quantitative estimate of drug-likeness (QED) is 0.695. The predicted octanol–water partition coefficient (Wildman–Crippen LogP) is 0.102. The highest BCUT2D eigenvalue weighted by Gasteiger charge is 2.22. The van der Waals surface area contributed by atoms with Crippen molar-refractivity contribution in [2.75, 3.05) is 25.1 Å². The van der Waals surface area contributed by atoms with Gasteiger partial charge in [-0.3, -0.25) is 4.79 Å². The summed E-state index contributed by atoms with van der Waals surface area (Å²) < 4.78 is 6.55.